The predicted octanol–water partition coefficient (Wildman–Crippen LogP) is 1.81. The minimum absolute atomic E-state index is 0.458. The van der Waals surface area contributed by atoms with E-state index in [4.69, 9.17) is 4.74 Å². The zero-order chi connectivity index (χ0) is 14.8. The third-order valence-corrected chi connectivity index (χ3v) is 4.09. The molecule has 0 amide bonds. The molecular formula is C16H18N2O3. The smallest absolute Gasteiger partial charge is 0.320 e. The molecule has 110 valence electrons. The van der Waals surface area contributed by atoms with E-state index in [1.807, 2.05) is 0 Å². The Morgan fingerprint density at radius 2 is 1.81 bits per heavy atom. The number of hydrogen-bond donors (Lipinski definition) is 0. The van der Waals surface area contributed by atoms with Gasteiger partial charge in [-0.3, -0.25) is 14.2 Å². The number of ether oxygens (including phenoxy) is 1. The van der Waals surface area contributed by atoms with E-state index in [1.54, 1.807) is 43.8 Å². The molecule has 1 aromatic carbocycles. The van der Waals surface area contributed by atoms with Gasteiger partial charge in [-0.2, -0.15) is 0 Å². The standard InChI is InChI=1S/C16H18N2O3/c1-21-14-7-5-13(6-8-14)18-10-9-17(15(19)16(18)20)11-12-3-2-4-12/h5-10,12H,2-4,11H2,1H3. The minimum atomic E-state index is -0.512. The summed E-state index contributed by atoms with van der Waals surface area (Å²) in [5.74, 6) is 1.25. The van der Waals surface area contributed by atoms with E-state index < -0.39 is 11.1 Å². The lowest BCUT2D eigenvalue weighted by Gasteiger charge is -2.25. The third-order valence-electron chi connectivity index (χ3n) is 4.09. The molecule has 1 heterocycles. The molecular weight excluding hydrogens is 268 g/mol. The van der Waals surface area contributed by atoms with Gasteiger partial charge in [-0.25, -0.2) is 0 Å². The van der Waals surface area contributed by atoms with Crippen molar-refractivity contribution in [1.82, 2.24) is 9.13 Å². The van der Waals surface area contributed by atoms with Crippen LogP contribution in [-0.4, -0.2) is 16.2 Å². The third kappa shape index (κ3) is 2.63. The first-order chi connectivity index (χ1) is 10.2. The molecule has 1 aliphatic rings. The Hall–Kier alpha value is -2.30. The number of aromatic nitrogens is 2. The predicted molar refractivity (Wildman–Crippen MR) is 80.2 cm³/mol. The van der Waals surface area contributed by atoms with Gasteiger partial charge in [-0.05, 0) is 43.0 Å². The van der Waals surface area contributed by atoms with Crippen molar-refractivity contribution in [3.05, 3.63) is 57.4 Å². The molecule has 5 heteroatoms. The summed E-state index contributed by atoms with van der Waals surface area (Å²) >= 11 is 0. The fourth-order valence-corrected chi connectivity index (χ4v) is 2.55. The van der Waals surface area contributed by atoms with E-state index in [1.165, 1.54) is 15.6 Å². The average Bonchev–Trinajstić information content (AvgIpc) is 2.47. The molecule has 0 saturated heterocycles. The topological polar surface area (TPSA) is 53.2 Å². The maximum atomic E-state index is 12.2. The molecule has 3 rings (SSSR count). The van der Waals surface area contributed by atoms with Crippen molar-refractivity contribution in [2.75, 3.05) is 7.11 Å². The van der Waals surface area contributed by atoms with Crippen LogP contribution in [0.2, 0.25) is 0 Å². The van der Waals surface area contributed by atoms with Gasteiger partial charge >= 0.3 is 11.1 Å². The van der Waals surface area contributed by atoms with Crippen molar-refractivity contribution in [3.8, 4) is 11.4 Å². The molecule has 0 bridgehead atoms. The fraction of sp³-hybridized carbons (Fsp3) is 0.375. The lowest BCUT2D eigenvalue weighted by atomic mass is 9.85. The SMILES string of the molecule is COc1ccc(-n2ccn(CC3CCC3)c(=O)c2=O)cc1. The highest BCUT2D eigenvalue weighted by Gasteiger charge is 2.19. The molecule has 0 aliphatic heterocycles. The van der Waals surface area contributed by atoms with Gasteiger partial charge in [0.25, 0.3) is 0 Å². The van der Waals surface area contributed by atoms with Crippen LogP contribution in [0, 0.1) is 5.92 Å². The number of benzene rings is 1. The van der Waals surface area contributed by atoms with Gasteiger partial charge < -0.3 is 9.30 Å². The summed E-state index contributed by atoms with van der Waals surface area (Å²) in [4.78, 5) is 24.4. The average molecular weight is 286 g/mol. The second kappa shape index (κ2) is 5.60. The number of nitrogens with zero attached hydrogens (tertiary/aromatic N) is 2. The van der Waals surface area contributed by atoms with Gasteiger partial charge in [0.15, 0.2) is 0 Å². The maximum absolute atomic E-state index is 12.2. The van der Waals surface area contributed by atoms with Gasteiger partial charge in [0.1, 0.15) is 5.75 Å². The Morgan fingerprint density at radius 1 is 1.10 bits per heavy atom. The quantitative estimate of drug-likeness (QED) is 0.805. The molecule has 1 aromatic heterocycles. The molecule has 1 saturated carbocycles. The highest BCUT2D eigenvalue weighted by molar-refractivity contribution is 5.37. The number of methoxy groups -OCH3 is 1. The lowest BCUT2D eigenvalue weighted by Crippen LogP contribution is -2.41. The van der Waals surface area contributed by atoms with E-state index in [0.29, 0.717) is 23.9 Å². The number of rotatable bonds is 4. The first-order valence-electron chi connectivity index (χ1n) is 7.15. The zero-order valence-electron chi connectivity index (χ0n) is 12.0. The molecule has 1 aliphatic carbocycles. The van der Waals surface area contributed by atoms with Gasteiger partial charge in [-0.1, -0.05) is 6.42 Å². The molecule has 0 spiro atoms. The van der Waals surface area contributed by atoms with Gasteiger partial charge in [0, 0.05) is 24.6 Å². The maximum Gasteiger partial charge on any atom is 0.320 e. The van der Waals surface area contributed by atoms with Crippen LogP contribution in [0.15, 0.2) is 46.2 Å². The first-order valence-corrected chi connectivity index (χ1v) is 7.15. The summed E-state index contributed by atoms with van der Waals surface area (Å²) in [6, 6.07) is 7.05. The molecule has 0 unspecified atom stereocenters. The van der Waals surface area contributed by atoms with E-state index in [0.717, 1.165) is 12.8 Å². The van der Waals surface area contributed by atoms with Gasteiger partial charge in [0.2, 0.25) is 0 Å². The van der Waals surface area contributed by atoms with Crippen LogP contribution in [0.3, 0.4) is 0 Å². The van der Waals surface area contributed by atoms with Crippen LogP contribution in [0.25, 0.3) is 5.69 Å². The second-order valence-corrected chi connectivity index (χ2v) is 5.43. The van der Waals surface area contributed by atoms with E-state index in [-0.39, 0.29) is 0 Å². The van der Waals surface area contributed by atoms with Crippen LogP contribution in [0.4, 0.5) is 0 Å². The van der Waals surface area contributed by atoms with Crippen molar-refractivity contribution in [1.29, 1.82) is 0 Å². The molecule has 0 N–H and O–H groups in total. The Balaban J connectivity index is 1.94. The van der Waals surface area contributed by atoms with E-state index >= 15 is 0 Å². The zero-order valence-corrected chi connectivity index (χ0v) is 12.0. The second-order valence-electron chi connectivity index (χ2n) is 5.43. The van der Waals surface area contributed by atoms with E-state index in [9.17, 15) is 9.59 Å². The van der Waals surface area contributed by atoms with Crippen molar-refractivity contribution in [2.24, 2.45) is 5.92 Å². The molecule has 1 fully saturated rings. The van der Waals surface area contributed by atoms with Crippen LogP contribution >= 0.6 is 0 Å². The van der Waals surface area contributed by atoms with Gasteiger partial charge in [-0.15, -0.1) is 0 Å². The fourth-order valence-electron chi connectivity index (χ4n) is 2.55. The summed E-state index contributed by atoms with van der Waals surface area (Å²) in [5, 5.41) is 0. The van der Waals surface area contributed by atoms with Gasteiger partial charge in [0.05, 0.1) is 7.11 Å². The molecule has 21 heavy (non-hydrogen) atoms. The van der Waals surface area contributed by atoms with Crippen molar-refractivity contribution in [3.63, 3.8) is 0 Å². The van der Waals surface area contributed by atoms with Crippen molar-refractivity contribution < 1.29 is 4.74 Å². The Kier molecular flexibility index (Phi) is 3.64. The lowest BCUT2D eigenvalue weighted by molar-refractivity contribution is 0.272. The summed E-state index contributed by atoms with van der Waals surface area (Å²) in [6.45, 7) is 0.650. The highest BCUT2D eigenvalue weighted by atomic mass is 16.5. The molecule has 0 radical (unpaired) electrons. The number of hydrogen-bond acceptors (Lipinski definition) is 3. The molecule has 5 nitrogen and oxygen atoms in total. The Labute approximate surface area is 122 Å². The highest BCUT2D eigenvalue weighted by Crippen LogP contribution is 2.27. The van der Waals surface area contributed by atoms with Crippen LogP contribution in [-0.2, 0) is 6.54 Å². The van der Waals surface area contributed by atoms with Crippen molar-refractivity contribution >= 4 is 0 Å². The van der Waals surface area contributed by atoms with Crippen LogP contribution in [0.1, 0.15) is 19.3 Å². The minimum Gasteiger partial charge on any atom is -0.497 e. The van der Waals surface area contributed by atoms with Crippen LogP contribution < -0.4 is 15.9 Å². The Bertz CT molecular complexity index is 739. The summed E-state index contributed by atoms with van der Waals surface area (Å²) in [6.07, 6.45) is 6.88. The largest absolute Gasteiger partial charge is 0.497 e. The summed E-state index contributed by atoms with van der Waals surface area (Å²) < 4.78 is 8.00. The van der Waals surface area contributed by atoms with Crippen LogP contribution in [0.5, 0.6) is 5.75 Å². The summed E-state index contributed by atoms with van der Waals surface area (Å²) in [5.41, 5.74) is -0.309. The summed E-state index contributed by atoms with van der Waals surface area (Å²) in [7, 11) is 1.59. The Morgan fingerprint density at radius 3 is 2.38 bits per heavy atom. The van der Waals surface area contributed by atoms with E-state index in [2.05, 4.69) is 0 Å². The monoisotopic (exact) mass is 286 g/mol. The first kappa shape index (κ1) is 13.7. The molecule has 0 atom stereocenters. The van der Waals surface area contributed by atoms with Crippen molar-refractivity contribution in [2.45, 2.75) is 25.8 Å². The normalized spacial score (nSPS) is 14.7. The molecule has 2 aromatic rings.